The van der Waals surface area contributed by atoms with E-state index >= 15 is 0 Å². The molecule has 3 heteroatoms. The molecule has 1 aliphatic rings. The minimum absolute atomic E-state index is 0.249. The van der Waals surface area contributed by atoms with Crippen LogP contribution < -0.4 is 0 Å². The van der Waals surface area contributed by atoms with E-state index < -0.39 is 6.10 Å². The zero-order chi connectivity index (χ0) is 11.4. The van der Waals surface area contributed by atoms with Gasteiger partial charge in [0.25, 0.3) is 0 Å². The lowest BCUT2D eigenvalue weighted by molar-refractivity contribution is -0.144. The number of ether oxygens (including phenoxy) is 1. The normalized spacial score (nSPS) is 21.8. The first kappa shape index (κ1) is 11.1. The number of benzene rings is 1. The summed E-state index contributed by atoms with van der Waals surface area (Å²) in [6.45, 7) is 0.450. The predicted molar refractivity (Wildman–Crippen MR) is 59.8 cm³/mol. The minimum atomic E-state index is -0.574. The third-order valence-corrected chi connectivity index (χ3v) is 3.01. The van der Waals surface area contributed by atoms with Crippen LogP contribution in [0.3, 0.4) is 0 Å². The fourth-order valence-electron chi connectivity index (χ4n) is 2.02. The summed E-state index contributed by atoms with van der Waals surface area (Å²) >= 11 is 0. The summed E-state index contributed by atoms with van der Waals surface area (Å²) in [4.78, 5) is 11.2. The third kappa shape index (κ3) is 2.61. The third-order valence-electron chi connectivity index (χ3n) is 3.01. The van der Waals surface area contributed by atoms with Crippen molar-refractivity contribution in [2.45, 2.75) is 25.4 Å². The fourth-order valence-corrected chi connectivity index (χ4v) is 2.02. The number of carbonyl (C=O) groups excluding carboxylic acids is 1. The van der Waals surface area contributed by atoms with Gasteiger partial charge in [-0.3, -0.25) is 4.79 Å². The first-order valence-corrected chi connectivity index (χ1v) is 5.66. The van der Waals surface area contributed by atoms with Gasteiger partial charge in [0.15, 0.2) is 0 Å². The number of hydrogen-bond donors (Lipinski definition) is 1. The molecule has 1 heterocycles. The molecule has 2 rings (SSSR count). The van der Waals surface area contributed by atoms with E-state index in [0.29, 0.717) is 19.4 Å². The Kier molecular flexibility index (Phi) is 3.57. The van der Waals surface area contributed by atoms with Crippen LogP contribution in [0.2, 0.25) is 0 Å². The maximum absolute atomic E-state index is 11.2. The molecule has 3 nitrogen and oxygen atoms in total. The topological polar surface area (TPSA) is 46.5 Å². The Hall–Kier alpha value is -1.35. The fraction of sp³-hybridized carbons (Fsp3) is 0.462. The second-order valence-corrected chi connectivity index (χ2v) is 4.15. The standard InChI is InChI=1S/C13H16O3/c14-12(11-8-9-16-13(11)15)7-6-10-4-2-1-3-5-10/h1-5,11-12,14H,6-9H2. The van der Waals surface area contributed by atoms with Crippen LogP contribution in [0.5, 0.6) is 0 Å². The Morgan fingerprint density at radius 3 is 2.75 bits per heavy atom. The van der Waals surface area contributed by atoms with Gasteiger partial charge in [-0.25, -0.2) is 0 Å². The molecule has 0 saturated carbocycles. The summed E-state index contributed by atoms with van der Waals surface area (Å²) in [6, 6.07) is 9.98. The molecule has 0 aliphatic carbocycles. The monoisotopic (exact) mass is 220 g/mol. The van der Waals surface area contributed by atoms with Crippen LogP contribution >= 0.6 is 0 Å². The van der Waals surface area contributed by atoms with Gasteiger partial charge in [0, 0.05) is 0 Å². The van der Waals surface area contributed by atoms with Crippen LogP contribution in [-0.4, -0.2) is 23.8 Å². The summed E-state index contributed by atoms with van der Waals surface area (Å²) in [5, 5.41) is 9.88. The van der Waals surface area contributed by atoms with Crippen molar-refractivity contribution in [1.82, 2.24) is 0 Å². The second kappa shape index (κ2) is 5.12. The smallest absolute Gasteiger partial charge is 0.311 e. The van der Waals surface area contributed by atoms with Crippen molar-refractivity contribution in [3.05, 3.63) is 35.9 Å². The van der Waals surface area contributed by atoms with Crippen LogP contribution in [0, 0.1) is 5.92 Å². The number of esters is 1. The molecule has 0 amide bonds. The van der Waals surface area contributed by atoms with Crippen LogP contribution in [0.25, 0.3) is 0 Å². The first-order chi connectivity index (χ1) is 7.77. The summed E-state index contributed by atoms with van der Waals surface area (Å²) < 4.78 is 4.84. The van der Waals surface area contributed by atoms with Crippen molar-refractivity contribution in [2.75, 3.05) is 6.61 Å². The van der Waals surface area contributed by atoms with E-state index in [9.17, 15) is 9.90 Å². The molecule has 1 N–H and O–H groups in total. The Morgan fingerprint density at radius 1 is 1.38 bits per heavy atom. The number of cyclic esters (lactones) is 1. The van der Waals surface area contributed by atoms with Crippen LogP contribution in [-0.2, 0) is 16.0 Å². The molecule has 2 atom stereocenters. The number of aliphatic hydroxyl groups excluding tert-OH is 1. The van der Waals surface area contributed by atoms with Crippen LogP contribution in [0.15, 0.2) is 30.3 Å². The Labute approximate surface area is 95.0 Å². The van der Waals surface area contributed by atoms with Gasteiger partial charge in [-0.1, -0.05) is 30.3 Å². The maximum atomic E-state index is 11.2. The maximum Gasteiger partial charge on any atom is 0.311 e. The van der Waals surface area contributed by atoms with E-state index in [1.165, 1.54) is 5.56 Å². The van der Waals surface area contributed by atoms with Gasteiger partial charge < -0.3 is 9.84 Å². The van der Waals surface area contributed by atoms with E-state index in [2.05, 4.69) is 0 Å². The lowest BCUT2D eigenvalue weighted by Crippen LogP contribution is -2.24. The van der Waals surface area contributed by atoms with Crippen molar-refractivity contribution < 1.29 is 14.6 Å². The molecule has 1 aromatic carbocycles. The highest BCUT2D eigenvalue weighted by molar-refractivity contribution is 5.74. The molecule has 0 radical (unpaired) electrons. The van der Waals surface area contributed by atoms with Crippen molar-refractivity contribution in [1.29, 1.82) is 0 Å². The molecule has 0 aromatic heterocycles. The van der Waals surface area contributed by atoms with Crippen LogP contribution in [0.1, 0.15) is 18.4 Å². The Balaban J connectivity index is 1.84. The zero-order valence-corrected chi connectivity index (χ0v) is 9.13. The average molecular weight is 220 g/mol. The van der Waals surface area contributed by atoms with Gasteiger partial charge in [0.1, 0.15) is 0 Å². The molecule has 2 unspecified atom stereocenters. The van der Waals surface area contributed by atoms with E-state index in [4.69, 9.17) is 4.74 Å². The molecule has 16 heavy (non-hydrogen) atoms. The van der Waals surface area contributed by atoms with E-state index in [-0.39, 0.29) is 11.9 Å². The highest BCUT2D eigenvalue weighted by Gasteiger charge is 2.32. The molecular formula is C13H16O3. The average Bonchev–Trinajstić information content (AvgIpc) is 2.74. The second-order valence-electron chi connectivity index (χ2n) is 4.15. The molecule has 1 fully saturated rings. The van der Waals surface area contributed by atoms with Gasteiger partial charge in [-0.15, -0.1) is 0 Å². The molecular weight excluding hydrogens is 204 g/mol. The largest absolute Gasteiger partial charge is 0.465 e. The Morgan fingerprint density at radius 2 is 2.12 bits per heavy atom. The first-order valence-electron chi connectivity index (χ1n) is 5.66. The number of carbonyl (C=O) groups is 1. The van der Waals surface area contributed by atoms with Gasteiger partial charge in [0.05, 0.1) is 18.6 Å². The minimum Gasteiger partial charge on any atom is -0.465 e. The highest BCUT2D eigenvalue weighted by Crippen LogP contribution is 2.21. The molecule has 1 aromatic rings. The quantitative estimate of drug-likeness (QED) is 0.783. The van der Waals surface area contributed by atoms with Gasteiger partial charge >= 0.3 is 5.97 Å². The lowest BCUT2D eigenvalue weighted by atomic mass is 9.95. The van der Waals surface area contributed by atoms with E-state index in [1.54, 1.807) is 0 Å². The molecule has 86 valence electrons. The van der Waals surface area contributed by atoms with Crippen molar-refractivity contribution in [3.63, 3.8) is 0 Å². The van der Waals surface area contributed by atoms with E-state index in [0.717, 1.165) is 6.42 Å². The molecule has 1 saturated heterocycles. The SMILES string of the molecule is O=C1OCCC1C(O)CCc1ccccc1. The summed E-state index contributed by atoms with van der Waals surface area (Å²) in [7, 11) is 0. The number of rotatable bonds is 4. The van der Waals surface area contributed by atoms with Gasteiger partial charge in [-0.05, 0) is 24.8 Å². The van der Waals surface area contributed by atoms with Crippen molar-refractivity contribution >= 4 is 5.97 Å². The van der Waals surface area contributed by atoms with E-state index in [1.807, 2.05) is 30.3 Å². The number of hydrogen-bond acceptors (Lipinski definition) is 3. The highest BCUT2D eigenvalue weighted by atomic mass is 16.5. The number of aryl methyl sites for hydroxylation is 1. The molecule has 1 aliphatic heterocycles. The summed E-state index contributed by atoms with van der Waals surface area (Å²) in [5.41, 5.74) is 1.19. The molecule has 0 spiro atoms. The lowest BCUT2D eigenvalue weighted by Gasteiger charge is -2.14. The molecule has 0 bridgehead atoms. The summed E-state index contributed by atoms with van der Waals surface area (Å²) in [5.74, 6) is -0.565. The van der Waals surface area contributed by atoms with Crippen molar-refractivity contribution in [3.8, 4) is 0 Å². The zero-order valence-electron chi connectivity index (χ0n) is 9.13. The number of aliphatic hydroxyl groups is 1. The Bertz CT molecular complexity index is 347. The predicted octanol–water partition coefficient (Wildman–Crippen LogP) is 1.54. The van der Waals surface area contributed by atoms with Crippen molar-refractivity contribution in [2.24, 2.45) is 5.92 Å². The summed E-state index contributed by atoms with van der Waals surface area (Å²) in [6.07, 6.45) is 1.49. The van der Waals surface area contributed by atoms with Crippen LogP contribution in [0.4, 0.5) is 0 Å². The van der Waals surface area contributed by atoms with Gasteiger partial charge in [0.2, 0.25) is 0 Å². The van der Waals surface area contributed by atoms with Gasteiger partial charge in [-0.2, -0.15) is 0 Å².